The molecular formula is C13H15F3N2. The van der Waals surface area contributed by atoms with Crippen LogP contribution in [0, 0.1) is 24.2 Å². The van der Waals surface area contributed by atoms with Gasteiger partial charge in [-0.25, -0.2) is 0 Å². The second kappa shape index (κ2) is 5.76. The lowest BCUT2D eigenvalue weighted by atomic mass is 10.1. The van der Waals surface area contributed by atoms with Crippen molar-refractivity contribution in [2.75, 3.05) is 18.0 Å². The van der Waals surface area contributed by atoms with Gasteiger partial charge in [0.25, 0.3) is 0 Å². The van der Waals surface area contributed by atoms with E-state index in [-0.39, 0.29) is 6.54 Å². The molecule has 0 aliphatic heterocycles. The summed E-state index contributed by atoms with van der Waals surface area (Å²) >= 11 is 0. The molecule has 1 atom stereocenters. The van der Waals surface area contributed by atoms with E-state index in [4.69, 9.17) is 5.26 Å². The van der Waals surface area contributed by atoms with Crippen molar-refractivity contribution in [3.05, 3.63) is 29.8 Å². The predicted octanol–water partition coefficient (Wildman–Crippen LogP) is 3.52. The molecule has 0 radical (unpaired) electrons. The Labute approximate surface area is 105 Å². The number of nitriles is 1. The highest BCUT2D eigenvalue weighted by Crippen LogP contribution is 2.28. The van der Waals surface area contributed by atoms with Gasteiger partial charge in [0, 0.05) is 18.8 Å². The lowest BCUT2D eigenvalue weighted by Gasteiger charge is -2.26. The third kappa shape index (κ3) is 3.66. The zero-order valence-corrected chi connectivity index (χ0v) is 10.3. The van der Waals surface area contributed by atoms with Crippen LogP contribution in [0.5, 0.6) is 0 Å². The second-order valence-electron chi connectivity index (χ2n) is 4.10. The number of anilines is 1. The summed E-state index contributed by atoms with van der Waals surface area (Å²) in [5.41, 5.74) is 1.69. The van der Waals surface area contributed by atoms with Crippen molar-refractivity contribution < 1.29 is 13.2 Å². The fraction of sp³-hybridized carbons (Fsp3) is 0.462. The van der Waals surface area contributed by atoms with Crippen LogP contribution in [0.2, 0.25) is 0 Å². The first kappa shape index (κ1) is 14.4. The van der Waals surface area contributed by atoms with Crippen LogP contribution in [0.15, 0.2) is 24.3 Å². The number of hydrogen-bond acceptors (Lipinski definition) is 2. The minimum atomic E-state index is -4.48. The van der Waals surface area contributed by atoms with Gasteiger partial charge >= 0.3 is 6.18 Å². The fourth-order valence-electron chi connectivity index (χ4n) is 1.68. The Morgan fingerprint density at radius 3 is 2.50 bits per heavy atom. The van der Waals surface area contributed by atoms with E-state index in [1.807, 2.05) is 19.1 Å². The maximum atomic E-state index is 12.6. The third-order valence-electron chi connectivity index (χ3n) is 2.70. The molecule has 0 spiro atoms. The monoisotopic (exact) mass is 256 g/mol. The zero-order chi connectivity index (χ0) is 13.8. The van der Waals surface area contributed by atoms with Gasteiger partial charge in [-0.3, -0.25) is 0 Å². The number of alkyl halides is 3. The maximum Gasteiger partial charge on any atom is 0.406 e. The lowest BCUT2D eigenvalue weighted by molar-refractivity contribution is -0.156. The van der Waals surface area contributed by atoms with Crippen LogP contribution >= 0.6 is 0 Å². The second-order valence-corrected chi connectivity index (χ2v) is 4.10. The summed E-state index contributed by atoms with van der Waals surface area (Å²) < 4.78 is 37.7. The van der Waals surface area contributed by atoms with E-state index in [2.05, 4.69) is 0 Å². The van der Waals surface area contributed by atoms with Crippen molar-refractivity contribution >= 4 is 5.69 Å². The number of halogens is 3. The van der Waals surface area contributed by atoms with Gasteiger partial charge in [-0.2, -0.15) is 18.4 Å². The van der Waals surface area contributed by atoms with Crippen molar-refractivity contribution in [2.24, 2.45) is 5.92 Å². The number of rotatable bonds is 4. The molecule has 2 nitrogen and oxygen atoms in total. The molecule has 1 unspecified atom stereocenters. The molecular weight excluding hydrogens is 241 g/mol. The van der Waals surface area contributed by atoms with Gasteiger partial charge in [-0.05, 0) is 31.5 Å². The molecule has 0 saturated carbocycles. The largest absolute Gasteiger partial charge is 0.406 e. The third-order valence-corrected chi connectivity index (χ3v) is 2.70. The maximum absolute atomic E-state index is 12.6. The minimum Gasteiger partial charge on any atom is -0.370 e. The number of hydrogen-bond donors (Lipinski definition) is 0. The summed E-state index contributed by atoms with van der Waals surface area (Å²) in [4.78, 5) is 1.56. The van der Waals surface area contributed by atoms with Crippen LogP contribution in [-0.2, 0) is 0 Å². The molecule has 0 saturated heterocycles. The Morgan fingerprint density at radius 1 is 1.39 bits per heavy atom. The molecule has 0 bridgehead atoms. The Kier molecular flexibility index (Phi) is 4.60. The topological polar surface area (TPSA) is 27.0 Å². The number of aryl methyl sites for hydroxylation is 1. The normalized spacial score (nSPS) is 12.9. The summed E-state index contributed by atoms with van der Waals surface area (Å²) in [5.74, 6) is -1.96. The van der Waals surface area contributed by atoms with Crippen molar-refractivity contribution in [3.63, 3.8) is 0 Å². The van der Waals surface area contributed by atoms with E-state index < -0.39 is 12.1 Å². The van der Waals surface area contributed by atoms with Gasteiger partial charge in [-0.15, -0.1) is 0 Å². The van der Waals surface area contributed by atoms with Crippen LogP contribution in [0.4, 0.5) is 18.9 Å². The van der Waals surface area contributed by atoms with E-state index in [1.165, 1.54) is 6.07 Å². The summed E-state index contributed by atoms with van der Waals surface area (Å²) in [5, 5.41) is 8.61. The molecule has 5 heteroatoms. The van der Waals surface area contributed by atoms with Gasteiger partial charge in [0.05, 0.1) is 6.07 Å². The van der Waals surface area contributed by atoms with Gasteiger partial charge < -0.3 is 4.90 Å². The molecule has 18 heavy (non-hydrogen) atoms. The summed E-state index contributed by atoms with van der Waals surface area (Å²) in [6.07, 6.45) is -4.48. The van der Waals surface area contributed by atoms with Crippen LogP contribution in [-0.4, -0.2) is 19.3 Å². The van der Waals surface area contributed by atoms with Crippen molar-refractivity contribution in [1.29, 1.82) is 5.26 Å². The Morgan fingerprint density at radius 2 is 2.06 bits per heavy atom. The van der Waals surface area contributed by atoms with Crippen LogP contribution < -0.4 is 4.90 Å². The van der Waals surface area contributed by atoms with Gasteiger partial charge in [0.1, 0.15) is 0 Å². The van der Waals surface area contributed by atoms with E-state index in [1.54, 1.807) is 24.0 Å². The first-order valence-corrected chi connectivity index (χ1v) is 5.66. The van der Waals surface area contributed by atoms with Crippen molar-refractivity contribution in [3.8, 4) is 6.07 Å². The average molecular weight is 256 g/mol. The Bertz CT molecular complexity index is 435. The molecule has 0 fully saturated rings. The van der Waals surface area contributed by atoms with E-state index in [0.717, 1.165) is 5.56 Å². The SMILES string of the molecule is CCN(CC(C#N)C(F)(F)F)c1cccc(C)c1. The fourth-order valence-corrected chi connectivity index (χ4v) is 1.68. The van der Waals surface area contributed by atoms with Crippen molar-refractivity contribution in [1.82, 2.24) is 0 Å². The van der Waals surface area contributed by atoms with E-state index in [0.29, 0.717) is 12.2 Å². The van der Waals surface area contributed by atoms with Crippen LogP contribution in [0.3, 0.4) is 0 Å². The summed E-state index contributed by atoms with van der Waals surface area (Å²) in [6.45, 7) is 3.74. The zero-order valence-electron chi connectivity index (χ0n) is 10.3. The predicted molar refractivity (Wildman–Crippen MR) is 64.2 cm³/mol. The Balaban J connectivity index is 2.89. The molecule has 1 aromatic rings. The highest BCUT2D eigenvalue weighted by atomic mass is 19.4. The quantitative estimate of drug-likeness (QED) is 0.824. The molecule has 0 aromatic heterocycles. The smallest absolute Gasteiger partial charge is 0.370 e. The molecule has 0 aliphatic carbocycles. The van der Waals surface area contributed by atoms with Gasteiger partial charge in [0.15, 0.2) is 5.92 Å². The van der Waals surface area contributed by atoms with Crippen LogP contribution in [0.1, 0.15) is 12.5 Å². The summed E-state index contributed by atoms with van der Waals surface area (Å²) in [6, 6.07) is 8.56. The first-order valence-electron chi connectivity index (χ1n) is 5.66. The Hall–Kier alpha value is -1.70. The molecule has 1 rings (SSSR count). The first-order chi connectivity index (χ1) is 8.38. The molecule has 98 valence electrons. The number of nitrogens with zero attached hydrogens (tertiary/aromatic N) is 2. The van der Waals surface area contributed by atoms with Crippen LogP contribution in [0.25, 0.3) is 0 Å². The minimum absolute atomic E-state index is 0.333. The summed E-state index contributed by atoms with van der Waals surface area (Å²) in [7, 11) is 0. The van der Waals surface area contributed by atoms with Crippen molar-refractivity contribution in [2.45, 2.75) is 20.0 Å². The molecule has 0 aliphatic rings. The average Bonchev–Trinajstić information content (AvgIpc) is 2.28. The molecule has 0 N–H and O–H groups in total. The standard InChI is InChI=1S/C13H15F3N2/c1-3-18(9-11(8-17)13(14,15)16)12-6-4-5-10(2)7-12/h4-7,11H,3,9H2,1-2H3. The molecule has 1 aromatic carbocycles. The van der Waals surface area contributed by atoms with E-state index >= 15 is 0 Å². The van der Waals surface area contributed by atoms with Gasteiger partial charge in [0.2, 0.25) is 0 Å². The lowest BCUT2D eigenvalue weighted by Crippen LogP contribution is -2.36. The molecule has 0 amide bonds. The number of benzene rings is 1. The molecule has 0 heterocycles. The van der Waals surface area contributed by atoms with E-state index in [9.17, 15) is 13.2 Å². The van der Waals surface area contributed by atoms with Gasteiger partial charge in [-0.1, -0.05) is 12.1 Å². The highest BCUT2D eigenvalue weighted by Gasteiger charge is 2.40. The highest BCUT2D eigenvalue weighted by molar-refractivity contribution is 5.48.